The summed E-state index contributed by atoms with van der Waals surface area (Å²) in [6.45, 7) is 7.28. The van der Waals surface area contributed by atoms with Gasteiger partial charge in [0.1, 0.15) is 0 Å². The summed E-state index contributed by atoms with van der Waals surface area (Å²) in [6.07, 6.45) is 3.15. The summed E-state index contributed by atoms with van der Waals surface area (Å²) in [7, 11) is 1.97. The Morgan fingerprint density at radius 1 is 1.43 bits per heavy atom. The van der Waals surface area contributed by atoms with Crippen LogP contribution >= 0.6 is 0 Å². The van der Waals surface area contributed by atoms with Gasteiger partial charge in [0.2, 0.25) is 0 Å². The number of hydrogen-bond acceptors (Lipinski definition) is 2. The SMILES string of the molecule is CC(CN)Cc1cn(C)nc1C(C)C. The minimum absolute atomic E-state index is 0.496. The fraction of sp³-hybridized carbons (Fsp3) is 0.727. The topological polar surface area (TPSA) is 43.8 Å². The molecule has 0 saturated heterocycles. The largest absolute Gasteiger partial charge is 0.330 e. The van der Waals surface area contributed by atoms with Crippen molar-refractivity contribution < 1.29 is 0 Å². The van der Waals surface area contributed by atoms with Gasteiger partial charge in [0, 0.05) is 13.2 Å². The molecule has 0 aliphatic carbocycles. The first-order valence-corrected chi connectivity index (χ1v) is 5.27. The Balaban J connectivity index is 2.84. The van der Waals surface area contributed by atoms with Gasteiger partial charge in [-0.1, -0.05) is 20.8 Å². The quantitative estimate of drug-likeness (QED) is 0.794. The number of aromatic nitrogens is 2. The van der Waals surface area contributed by atoms with E-state index >= 15 is 0 Å². The molecule has 1 unspecified atom stereocenters. The third-order valence-electron chi connectivity index (χ3n) is 2.45. The highest BCUT2D eigenvalue weighted by Gasteiger charge is 2.13. The highest BCUT2D eigenvalue weighted by Crippen LogP contribution is 2.19. The van der Waals surface area contributed by atoms with Gasteiger partial charge in [-0.3, -0.25) is 4.68 Å². The molecule has 1 heterocycles. The van der Waals surface area contributed by atoms with E-state index in [0.717, 1.165) is 13.0 Å². The molecule has 14 heavy (non-hydrogen) atoms. The van der Waals surface area contributed by atoms with Crippen LogP contribution in [0.3, 0.4) is 0 Å². The Morgan fingerprint density at radius 2 is 2.07 bits per heavy atom. The highest BCUT2D eigenvalue weighted by atomic mass is 15.3. The van der Waals surface area contributed by atoms with Crippen LogP contribution in [0.25, 0.3) is 0 Å². The van der Waals surface area contributed by atoms with Crippen LogP contribution in [-0.4, -0.2) is 16.3 Å². The van der Waals surface area contributed by atoms with E-state index in [0.29, 0.717) is 11.8 Å². The molecule has 1 rings (SSSR count). The lowest BCUT2D eigenvalue weighted by atomic mass is 9.98. The van der Waals surface area contributed by atoms with Gasteiger partial charge >= 0.3 is 0 Å². The minimum atomic E-state index is 0.496. The van der Waals surface area contributed by atoms with Gasteiger partial charge in [-0.2, -0.15) is 5.10 Å². The van der Waals surface area contributed by atoms with Crippen LogP contribution in [0.2, 0.25) is 0 Å². The molecule has 0 aliphatic rings. The Hall–Kier alpha value is -0.830. The van der Waals surface area contributed by atoms with Gasteiger partial charge in [-0.15, -0.1) is 0 Å². The second-order valence-corrected chi connectivity index (χ2v) is 4.41. The molecule has 3 heteroatoms. The first kappa shape index (κ1) is 11.2. The number of nitrogens with two attached hydrogens (primary N) is 1. The third kappa shape index (κ3) is 2.58. The highest BCUT2D eigenvalue weighted by molar-refractivity contribution is 5.20. The van der Waals surface area contributed by atoms with Crippen LogP contribution in [0.4, 0.5) is 0 Å². The van der Waals surface area contributed by atoms with Crippen LogP contribution < -0.4 is 5.73 Å². The number of hydrogen-bond donors (Lipinski definition) is 1. The Bertz CT molecular complexity index is 289. The molecular formula is C11H21N3. The Morgan fingerprint density at radius 3 is 2.57 bits per heavy atom. The van der Waals surface area contributed by atoms with Crippen LogP contribution in [0.1, 0.15) is 37.9 Å². The lowest BCUT2D eigenvalue weighted by Gasteiger charge is -2.09. The molecule has 1 atom stereocenters. The van der Waals surface area contributed by atoms with Crippen molar-refractivity contribution in [1.82, 2.24) is 9.78 Å². The third-order valence-corrected chi connectivity index (χ3v) is 2.45. The van der Waals surface area contributed by atoms with Crippen molar-refractivity contribution in [2.75, 3.05) is 6.54 Å². The monoisotopic (exact) mass is 195 g/mol. The van der Waals surface area contributed by atoms with Crippen molar-refractivity contribution in [3.63, 3.8) is 0 Å². The lowest BCUT2D eigenvalue weighted by molar-refractivity contribution is 0.587. The van der Waals surface area contributed by atoms with Crippen molar-refractivity contribution in [2.45, 2.75) is 33.1 Å². The average Bonchev–Trinajstić information content (AvgIpc) is 2.46. The predicted octanol–water partition coefficient (Wildman–Crippen LogP) is 1.68. The summed E-state index contributed by atoms with van der Waals surface area (Å²) in [6, 6.07) is 0. The summed E-state index contributed by atoms with van der Waals surface area (Å²) < 4.78 is 1.90. The van der Waals surface area contributed by atoms with Gasteiger partial charge in [0.25, 0.3) is 0 Å². The summed E-state index contributed by atoms with van der Waals surface area (Å²) in [5.74, 6) is 1.04. The maximum absolute atomic E-state index is 5.63. The smallest absolute Gasteiger partial charge is 0.0681 e. The zero-order valence-corrected chi connectivity index (χ0v) is 9.62. The fourth-order valence-corrected chi connectivity index (χ4v) is 1.66. The van der Waals surface area contributed by atoms with Crippen molar-refractivity contribution in [3.05, 3.63) is 17.5 Å². The van der Waals surface area contributed by atoms with Gasteiger partial charge in [0.15, 0.2) is 0 Å². The Kier molecular flexibility index (Phi) is 3.69. The van der Waals surface area contributed by atoms with Crippen LogP contribution in [0.15, 0.2) is 6.20 Å². The zero-order valence-electron chi connectivity index (χ0n) is 9.62. The molecule has 80 valence electrons. The first-order valence-electron chi connectivity index (χ1n) is 5.27. The molecule has 0 aliphatic heterocycles. The number of nitrogens with zero attached hydrogens (tertiary/aromatic N) is 2. The van der Waals surface area contributed by atoms with Crippen LogP contribution in [0, 0.1) is 5.92 Å². The van der Waals surface area contributed by atoms with Gasteiger partial charge in [0.05, 0.1) is 5.69 Å². The fourth-order valence-electron chi connectivity index (χ4n) is 1.66. The standard InChI is InChI=1S/C11H21N3/c1-8(2)11-10(5-9(3)6-12)7-14(4)13-11/h7-9H,5-6,12H2,1-4H3. The zero-order chi connectivity index (χ0) is 10.7. The molecule has 0 amide bonds. The molecule has 0 bridgehead atoms. The van der Waals surface area contributed by atoms with Crippen molar-refractivity contribution in [1.29, 1.82) is 0 Å². The van der Waals surface area contributed by atoms with Gasteiger partial charge in [-0.25, -0.2) is 0 Å². The Labute approximate surface area is 86.3 Å². The van der Waals surface area contributed by atoms with Crippen LogP contribution in [-0.2, 0) is 13.5 Å². The molecular weight excluding hydrogens is 174 g/mol. The van der Waals surface area contributed by atoms with Crippen molar-refractivity contribution >= 4 is 0 Å². The lowest BCUT2D eigenvalue weighted by Crippen LogP contribution is -2.13. The molecule has 3 nitrogen and oxygen atoms in total. The van der Waals surface area contributed by atoms with Crippen molar-refractivity contribution in [3.8, 4) is 0 Å². The van der Waals surface area contributed by atoms with Crippen molar-refractivity contribution in [2.24, 2.45) is 18.7 Å². The van der Waals surface area contributed by atoms with E-state index in [9.17, 15) is 0 Å². The first-order chi connectivity index (χ1) is 6.54. The predicted molar refractivity (Wildman–Crippen MR) is 59.2 cm³/mol. The number of rotatable bonds is 4. The van der Waals surface area contributed by atoms with Crippen LogP contribution in [0.5, 0.6) is 0 Å². The van der Waals surface area contributed by atoms with E-state index in [1.54, 1.807) is 0 Å². The summed E-state index contributed by atoms with van der Waals surface area (Å²) in [5.41, 5.74) is 8.19. The van der Waals surface area contributed by atoms with E-state index < -0.39 is 0 Å². The average molecular weight is 195 g/mol. The number of aryl methyl sites for hydroxylation is 1. The molecule has 1 aromatic rings. The van der Waals surface area contributed by atoms with Gasteiger partial charge < -0.3 is 5.73 Å². The molecule has 0 saturated carbocycles. The normalized spacial score (nSPS) is 13.6. The molecule has 1 aromatic heterocycles. The summed E-state index contributed by atoms with van der Waals surface area (Å²) in [4.78, 5) is 0. The minimum Gasteiger partial charge on any atom is -0.330 e. The molecule has 0 fully saturated rings. The molecule has 0 radical (unpaired) electrons. The molecule has 2 N–H and O–H groups in total. The van der Waals surface area contributed by atoms with Gasteiger partial charge in [-0.05, 0) is 30.4 Å². The molecule has 0 spiro atoms. The van der Waals surface area contributed by atoms with E-state index in [2.05, 4.69) is 32.1 Å². The maximum atomic E-state index is 5.63. The maximum Gasteiger partial charge on any atom is 0.0681 e. The second kappa shape index (κ2) is 4.60. The second-order valence-electron chi connectivity index (χ2n) is 4.41. The van der Waals surface area contributed by atoms with E-state index in [1.807, 2.05) is 11.7 Å². The van der Waals surface area contributed by atoms with E-state index in [4.69, 9.17) is 5.73 Å². The summed E-state index contributed by atoms with van der Waals surface area (Å²) in [5, 5.41) is 4.47. The molecule has 0 aromatic carbocycles. The van der Waals surface area contributed by atoms with E-state index in [1.165, 1.54) is 11.3 Å². The summed E-state index contributed by atoms with van der Waals surface area (Å²) >= 11 is 0. The van der Waals surface area contributed by atoms with E-state index in [-0.39, 0.29) is 0 Å².